The number of nitrogens with zero attached hydrogens (tertiary/aromatic N) is 3. The summed E-state index contributed by atoms with van der Waals surface area (Å²) in [6.07, 6.45) is 0. The van der Waals surface area contributed by atoms with Crippen LogP contribution in [0.15, 0.2) is 42.5 Å². The first kappa shape index (κ1) is 22.4. The van der Waals surface area contributed by atoms with Gasteiger partial charge in [0.05, 0.1) is 0 Å². The first-order chi connectivity index (χ1) is 15.2. The van der Waals surface area contributed by atoms with Crippen LogP contribution in [0.3, 0.4) is 0 Å². The number of hydrogen-bond acceptors (Lipinski definition) is 4. The van der Waals surface area contributed by atoms with Crippen molar-refractivity contribution in [1.82, 2.24) is 15.1 Å². The molecule has 2 aromatic carbocycles. The predicted molar refractivity (Wildman–Crippen MR) is 119 cm³/mol. The van der Waals surface area contributed by atoms with Crippen molar-refractivity contribution in [3.63, 3.8) is 0 Å². The molecule has 7 nitrogen and oxygen atoms in total. The number of amides is 4. The number of anilines is 1. The summed E-state index contributed by atoms with van der Waals surface area (Å²) in [4.78, 5) is 43.1. The Morgan fingerprint density at radius 3 is 2.47 bits per heavy atom. The van der Waals surface area contributed by atoms with Gasteiger partial charge >= 0.3 is 6.03 Å². The molecular formula is C22H21Cl2FN4O3. The molecule has 1 unspecified atom stereocenters. The van der Waals surface area contributed by atoms with Gasteiger partial charge in [0.1, 0.15) is 17.9 Å². The van der Waals surface area contributed by atoms with Crippen LogP contribution in [0.2, 0.25) is 10.0 Å². The van der Waals surface area contributed by atoms with Crippen LogP contribution in [-0.2, 0) is 15.1 Å². The van der Waals surface area contributed by atoms with Gasteiger partial charge in [-0.3, -0.25) is 14.5 Å². The van der Waals surface area contributed by atoms with Crippen molar-refractivity contribution >= 4 is 46.7 Å². The maximum absolute atomic E-state index is 13.4. The lowest BCUT2D eigenvalue weighted by molar-refractivity contribution is -0.139. The highest BCUT2D eigenvalue weighted by Crippen LogP contribution is 2.34. The van der Waals surface area contributed by atoms with Crippen molar-refractivity contribution in [2.45, 2.75) is 12.5 Å². The maximum Gasteiger partial charge on any atom is 0.325 e. The Morgan fingerprint density at radius 1 is 1.09 bits per heavy atom. The summed E-state index contributed by atoms with van der Waals surface area (Å²) in [7, 11) is 0. The van der Waals surface area contributed by atoms with Gasteiger partial charge in [0.15, 0.2) is 0 Å². The summed E-state index contributed by atoms with van der Waals surface area (Å²) in [5.41, 5.74) is -0.234. The van der Waals surface area contributed by atoms with Crippen LogP contribution in [0.5, 0.6) is 0 Å². The molecule has 2 aliphatic rings. The summed E-state index contributed by atoms with van der Waals surface area (Å²) in [5.74, 6) is -1.49. The molecule has 32 heavy (non-hydrogen) atoms. The van der Waals surface area contributed by atoms with Gasteiger partial charge in [0.2, 0.25) is 5.91 Å². The highest BCUT2D eigenvalue weighted by molar-refractivity contribution is 6.32. The summed E-state index contributed by atoms with van der Waals surface area (Å²) in [6, 6.07) is 10.4. The number of imide groups is 1. The maximum atomic E-state index is 13.4. The quantitative estimate of drug-likeness (QED) is 0.684. The predicted octanol–water partition coefficient (Wildman–Crippen LogP) is 3.25. The van der Waals surface area contributed by atoms with E-state index in [0.29, 0.717) is 31.2 Å². The Hall–Kier alpha value is -2.84. The highest BCUT2D eigenvalue weighted by Gasteiger charge is 2.50. The van der Waals surface area contributed by atoms with Crippen molar-refractivity contribution in [1.29, 1.82) is 0 Å². The second-order valence-corrected chi connectivity index (χ2v) is 8.76. The molecule has 2 aliphatic heterocycles. The van der Waals surface area contributed by atoms with Crippen molar-refractivity contribution in [2.75, 3.05) is 37.6 Å². The molecule has 10 heteroatoms. The van der Waals surface area contributed by atoms with E-state index in [-0.39, 0.29) is 23.0 Å². The standard InChI is InChI=1S/C22H21Cl2FN4O3/c1-22(17-6-5-15(25)12-18(17)24)20(31)29(21(32)26-22)13-19(30)28-9-7-27(8-10-28)16-4-2-3-14(23)11-16/h2-6,11-12H,7-10,13H2,1H3,(H,26,32). The minimum Gasteiger partial charge on any atom is -0.368 e. The van der Waals surface area contributed by atoms with E-state index in [2.05, 4.69) is 10.2 Å². The Labute approximate surface area is 194 Å². The number of piperazine rings is 1. The van der Waals surface area contributed by atoms with Gasteiger partial charge < -0.3 is 15.1 Å². The number of hydrogen-bond donors (Lipinski definition) is 1. The van der Waals surface area contributed by atoms with E-state index in [1.54, 1.807) is 11.0 Å². The van der Waals surface area contributed by atoms with E-state index in [4.69, 9.17) is 23.2 Å². The first-order valence-corrected chi connectivity index (χ1v) is 10.8. The average molecular weight is 479 g/mol. The van der Waals surface area contributed by atoms with E-state index in [0.717, 1.165) is 16.7 Å². The minimum absolute atomic E-state index is 0.0199. The lowest BCUT2D eigenvalue weighted by atomic mass is 9.92. The van der Waals surface area contributed by atoms with Crippen LogP contribution >= 0.6 is 23.2 Å². The van der Waals surface area contributed by atoms with E-state index in [9.17, 15) is 18.8 Å². The van der Waals surface area contributed by atoms with Gasteiger partial charge in [-0.1, -0.05) is 35.3 Å². The Bertz CT molecular complexity index is 1090. The Kier molecular flexibility index (Phi) is 6.01. The number of benzene rings is 2. The molecule has 0 aliphatic carbocycles. The molecule has 0 bridgehead atoms. The number of urea groups is 1. The summed E-state index contributed by atoms with van der Waals surface area (Å²) >= 11 is 12.2. The first-order valence-electron chi connectivity index (χ1n) is 10.1. The van der Waals surface area contributed by atoms with Crippen LogP contribution in [0.25, 0.3) is 0 Å². The fourth-order valence-corrected chi connectivity index (χ4v) is 4.58. The van der Waals surface area contributed by atoms with Gasteiger partial charge in [-0.05, 0) is 37.3 Å². The fraction of sp³-hybridized carbons (Fsp3) is 0.318. The highest BCUT2D eigenvalue weighted by atomic mass is 35.5. The molecular weight excluding hydrogens is 458 g/mol. The number of rotatable bonds is 4. The molecule has 1 atom stereocenters. The van der Waals surface area contributed by atoms with Crippen LogP contribution in [0, 0.1) is 5.82 Å². The number of halogens is 3. The van der Waals surface area contributed by atoms with E-state index in [1.165, 1.54) is 19.1 Å². The third-order valence-corrected chi connectivity index (χ3v) is 6.39. The second kappa shape index (κ2) is 8.60. The molecule has 0 aromatic heterocycles. The number of carbonyl (C=O) groups is 3. The van der Waals surface area contributed by atoms with Crippen LogP contribution in [-0.4, -0.2) is 60.4 Å². The molecule has 2 fully saturated rings. The zero-order valence-electron chi connectivity index (χ0n) is 17.3. The van der Waals surface area contributed by atoms with Crippen LogP contribution in [0.1, 0.15) is 12.5 Å². The average Bonchev–Trinajstić information content (AvgIpc) is 2.97. The molecule has 1 N–H and O–H groups in total. The Morgan fingerprint density at radius 2 is 1.81 bits per heavy atom. The molecule has 0 spiro atoms. The van der Waals surface area contributed by atoms with Crippen LogP contribution in [0.4, 0.5) is 14.9 Å². The molecule has 0 radical (unpaired) electrons. The normalized spacial score (nSPS) is 21.2. The van der Waals surface area contributed by atoms with E-state index < -0.39 is 23.3 Å². The molecule has 2 heterocycles. The van der Waals surface area contributed by atoms with Crippen molar-refractivity contribution in [2.24, 2.45) is 0 Å². The number of carbonyl (C=O) groups excluding carboxylic acids is 3. The topological polar surface area (TPSA) is 73.0 Å². The third kappa shape index (κ3) is 4.12. The fourth-order valence-electron chi connectivity index (χ4n) is 4.04. The monoisotopic (exact) mass is 478 g/mol. The van der Waals surface area contributed by atoms with Gasteiger partial charge in [-0.25, -0.2) is 9.18 Å². The lowest BCUT2D eigenvalue weighted by Gasteiger charge is -2.36. The summed E-state index contributed by atoms with van der Waals surface area (Å²) in [6.45, 7) is 3.23. The van der Waals surface area contributed by atoms with Gasteiger partial charge in [-0.15, -0.1) is 0 Å². The second-order valence-electron chi connectivity index (χ2n) is 7.92. The van der Waals surface area contributed by atoms with Gasteiger partial charge in [0.25, 0.3) is 5.91 Å². The van der Waals surface area contributed by atoms with Crippen molar-refractivity contribution in [3.8, 4) is 0 Å². The number of nitrogens with one attached hydrogen (secondary N) is 1. The third-order valence-electron chi connectivity index (χ3n) is 5.84. The smallest absolute Gasteiger partial charge is 0.325 e. The minimum atomic E-state index is -1.48. The van der Waals surface area contributed by atoms with Crippen LogP contribution < -0.4 is 10.2 Å². The zero-order chi connectivity index (χ0) is 23.0. The molecule has 4 amide bonds. The van der Waals surface area contributed by atoms with Crippen molar-refractivity contribution in [3.05, 3.63) is 63.9 Å². The Balaban J connectivity index is 1.41. The van der Waals surface area contributed by atoms with Crippen molar-refractivity contribution < 1.29 is 18.8 Å². The molecule has 168 valence electrons. The molecule has 2 aromatic rings. The van der Waals surface area contributed by atoms with E-state index in [1.807, 2.05) is 18.2 Å². The molecule has 2 saturated heterocycles. The SMILES string of the molecule is CC1(c2ccc(F)cc2Cl)NC(=O)N(CC(=O)N2CCN(c3cccc(Cl)c3)CC2)C1=O. The summed E-state index contributed by atoms with van der Waals surface area (Å²) < 4.78 is 13.4. The lowest BCUT2D eigenvalue weighted by Crippen LogP contribution is -2.52. The van der Waals surface area contributed by atoms with Gasteiger partial charge in [0, 0.05) is 47.5 Å². The largest absolute Gasteiger partial charge is 0.368 e. The van der Waals surface area contributed by atoms with Gasteiger partial charge in [-0.2, -0.15) is 0 Å². The zero-order valence-corrected chi connectivity index (χ0v) is 18.8. The van der Waals surface area contributed by atoms with E-state index >= 15 is 0 Å². The summed E-state index contributed by atoms with van der Waals surface area (Å²) in [5, 5.41) is 3.25. The molecule has 0 saturated carbocycles. The molecule has 4 rings (SSSR count).